The van der Waals surface area contributed by atoms with Gasteiger partial charge in [-0.2, -0.15) is 5.10 Å². The number of nitrogens with two attached hydrogens (primary N) is 1. The van der Waals surface area contributed by atoms with Crippen LogP contribution in [0.1, 0.15) is 5.69 Å². The summed E-state index contributed by atoms with van der Waals surface area (Å²) in [5.41, 5.74) is 7.91. The van der Waals surface area contributed by atoms with Gasteiger partial charge in [0.15, 0.2) is 0 Å². The number of aromatic nitrogens is 4. The van der Waals surface area contributed by atoms with Gasteiger partial charge >= 0.3 is 0 Å². The first-order valence-corrected chi connectivity index (χ1v) is 3.86. The van der Waals surface area contributed by atoms with E-state index in [1.54, 1.807) is 18.5 Å². The lowest BCUT2D eigenvalue weighted by Crippen LogP contribution is -1.90. The van der Waals surface area contributed by atoms with Crippen LogP contribution < -0.4 is 5.73 Å². The van der Waals surface area contributed by atoms with E-state index in [2.05, 4.69) is 20.2 Å². The summed E-state index contributed by atoms with van der Waals surface area (Å²) in [5.74, 6) is 0.458. The number of aryl methyl sites for hydroxylation is 1. The molecular formula is C8H10ClN5. The highest BCUT2D eigenvalue weighted by atomic mass is 35.5. The van der Waals surface area contributed by atoms with E-state index in [0.29, 0.717) is 5.82 Å². The van der Waals surface area contributed by atoms with Crippen molar-refractivity contribution in [3.8, 4) is 11.4 Å². The standard InChI is InChI=1S/C8H9N5.ClH/c1-5-8(11-3-2-10-5)6-4-7(9)13-12-6;/h2-4H,1H3,(H3,9,12,13);1H. The maximum Gasteiger partial charge on any atom is 0.145 e. The molecule has 0 aliphatic carbocycles. The number of nitrogen functional groups attached to an aromatic ring is 1. The van der Waals surface area contributed by atoms with E-state index < -0.39 is 0 Å². The van der Waals surface area contributed by atoms with Gasteiger partial charge in [-0.1, -0.05) is 0 Å². The molecule has 0 spiro atoms. The van der Waals surface area contributed by atoms with Crippen LogP contribution in [0.15, 0.2) is 18.5 Å². The quantitative estimate of drug-likeness (QED) is 0.742. The summed E-state index contributed by atoms with van der Waals surface area (Å²) in [7, 11) is 0. The van der Waals surface area contributed by atoms with Gasteiger partial charge in [0.25, 0.3) is 0 Å². The second-order valence-electron chi connectivity index (χ2n) is 2.70. The smallest absolute Gasteiger partial charge is 0.145 e. The van der Waals surface area contributed by atoms with Crippen LogP contribution in [0.25, 0.3) is 11.4 Å². The summed E-state index contributed by atoms with van der Waals surface area (Å²) in [5, 5.41) is 6.60. The fourth-order valence-corrected chi connectivity index (χ4v) is 1.13. The molecule has 0 saturated carbocycles. The Kier molecular flexibility index (Phi) is 3.03. The molecule has 0 amide bonds. The molecule has 0 fully saturated rings. The number of nitrogens with one attached hydrogen (secondary N) is 1. The Morgan fingerprint density at radius 3 is 2.57 bits per heavy atom. The van der Waals surface area contributed by atoms with Crippen molar-refractivity contribution >= 4 is 18.2 Å². The van der Waals surface area contributed by atoms with Crippen molar-refractivity contribution in [2.24, 2.45) is 0 Å². The van der Waals surface area contributed by atoms with Gasteiger partial charge in [-0.05, 0) is 6.92 Å². The predicted molar refractivity (Wildman–Crippen MR) is 56.0 cm³/mol. The van der Waals surface area contributed by atoms with Gasteiger partial charge < -0.3 is 5.73 Å². The molecule has 0 aliphatic heterocycles. The molecule has 2 aromatic rings. The largest absolute Gasteiger partial charge is 0.382 e. The van der Waals surface area contributed by atoms with E-state index in [0.717, 1.165) is 17.1 Å². The zero-order chi connectivity index (χ0) is 9.26. The molecule has 0 aromatic carbocycles. The highest BCUT2D eigenvalue weighted by Gasteiger charge is 2.05. The molecule has 5 nitrogen and oxygen atoms in total. The SMILES string of the molecule is Cc1nccnc1-c1cc(N)n[nH]1.Cl. The van der Waals surface area contributed by atoms with E-state index >= 15 is 0 Å². The Morgan fingerprint density at radius 2 is 2.00 bits per heavy atom. The van der Waals surface area contributed by atoms with Crippen molar-refractivity contribution in [2.75, 3.05) is 5.73 Å². The van der Waals surface area contributed by atoms with Crippen LogP contribution in [0.5, 0.6) is 0 Å². The monoisotopic (exact) mass is 211 g/mol. The van der Waals surface area contributed by atoms with Crippen LogP contribution in [0.4, 0.5) is 5.82 Å². The molecule has 2 rings (SSSR count). The average molecular weight is 212 g/mol. The van der Waals surface area contributed by atoms with E-state index in [1.807, 2.05) is 6.92 Å². The number of rotatable bonds is 1. The van der Waals surface area contributed by atoms with Gasteiger partial charge in [-0.25, -0.2) is 0 Å². The fourth-order valence-electron chi connectivity index (χ4n) is 1.13. The van der Waals surface area contributed by atoms with Crippen molar-refractivity contribution in [1.82, 2.24) is 20.2 Å². The second-order valence-corrected chi connectivity index (χ2v) is 2.70. The molecule has 3 N–H and O–H groups in total. The lowest BCUT2D eigenvalue weighted by molar-refractivity contribution is 1.06. The minimum atomic E-state index is 0. The molecular weight excluding hydrogens is 202 g/mol. The molecule has 0 unspecified atom stereocenters. The first kappa shape index (κ1) is 10.5. The van der Waals surface area contributed by atoms with Crippen LogP contribution in [-0.4, -0.2) is 20.2 Å². The summed E-state index contributed by atoms with van der Waals surface area (Å²) in [6.07, 6.45) is 3.29. The molecule has 0 aliphatic rings. The van der Waals surface area contributed by atoms with Crippen molar-refractivity contribution in [1.29, 1.82) is 0 Å². The van der Waals surface area contributed by atoms with Crippen molar-refractivity contribution in [3.05, 3.63) is 24.2 Å². The summed E-state index contributed by atoms with van der Waals surface area (Å²) in [6, 6.07) is 1.73. The van der Waals surface area contributed by atoms with Crippen LogP contribution >= 0.6 is 12.4 Å². The minimum absolute atomic E-state index is 0. The number of hydrogen-bond donors (Lipinski definition) is 2. The third-order valence-corrected chi connectivity index (χ3v) is 1.73. The van der Waals surface area contributed by atoms with E-state index in [4.69, 9.17) is 5.73 Å². The highest BCUT2D eigenvalue weighted by molar-refractivity contribution is 5.85. The maximum atomic E-state index is 5.48. The van der Waals surface area contributed by atoms with Gasteiger partial charge in [0.2, 0.25) is 0 Å². The number of nitrogens with zero attached hydrogens (tertiary/aromatic N) is 3. The molecule has 0 atom stereocenters. The fraction of sp³-hybridized carbons (Fsp3) is 0.125. The second kappa shape index (κ2) is 4.06. The van der Waals surface area contributed by atoms with Crippen LogP contribution in [-0.2, 0) is 0 Å². The molecule has 74 valence electrons. The van der Waals surface area contributed by atoms with Crippen molar-refractivity contribution < 1.29 is 0 Å². The normalized spacial score (nSPS) is 9.50. The maximum absolute atomic E-state index is 5.48. The van der Waals surface area contributed by atoms with E-state index in [9.17, 15) is 0 Å². The van der Waals surface area contributed by atoms with Crippen LogP contribution in [0.3, 0.4) is 0 Å². The van der Waals surface area contributed by atoms with Gasteiger partial charge in [-0.3, -0.25) is 15.1 Å². The Morgan fingerprint density at radius 1 is 1.29 bits per heavy atom. The number of aromatic amines is 1. The first-order valence-electron chi connectivity index (χ1n) is 3.86. The zero-order valence-corrected chi connectivity index (χ0v) is 8.38. The molecule has 2 aromatic heterocycles. The lowest BCUT2D eigenvalue weighted by Gasteiger charge is -1.98. The Labute approximate surface area is 87.2 Å². The summed E-state index contributed by atoms with van der Waals surface area (Å²) in [6.45, 7) is 1.89. The summed E-state index contributed by atoms with van der Waals surface area (Å²) >= 11 is 0. The van der Waals surface area contributed by atoms with Gasteiger partial charge in [-0.15, -0.1) is 12.4 Å². The third kappa shape index (κ3) is 1.82. The molecule has 2 heterocycles. The third-order valence-electron chi connectivity index (χ3n) is 1.73. The Bertz CT molecular complexity index is 425. The van der Waals surface area contributed by atoms with Gasteiger partial charge in [0, 0.05) is 18.5 Å². The van der Waals surface area contributed by atoms with E-state index in [1.165, 1.54) is 0 Å². The number of halogens is 1. The van der Waals surface area contributed by atoms with Crippen LogP contribution in [0, 0.1) is 6.92 Å². The minimum Gasteiger partial charge on any atom is -0.382 e. The number of anilines is 1. The predicted octanol–water partition coefficient (Wildman–Crippen LogP) is 1.18. The van der Waals surface area contributed by atoms with E-state index in [-0.39, 0.29) is 12.4 Å². The number of hydrogen-bond acceptors (Lipinski definition) is 4. The Hall–Kier alpha value is -1.62. The summed E-state index contributed by atoms with van der Waals surface area (Å²) < 4.78 is 0. The molecule has 6 heteroatoms. The topological polar surface area (TPSA) is 80.5 Å². The van der Waals surface area contributed by atoms with Crippen molar-refractivity contribution in [3.63, 3.8) is 0 Å². The Balaban J connectivity index is 0.000000980. The molecule has 0 saturated heterocycles. The number of H-pyrrole nitrogens is 1. The lowest BCUT2D eigenvalue weighted by atomic mass is 10.2. The average Bonchev–Trinajstić information content (AvgIpc) is 2.53. The van der Waals surface area contributed by atoms with Crippen molar-refractivity contribution in [2.45, 2.75) is 6.92 Å². The molecule has 14 heavy (non-hydrogen) atoms. The van der Waals surface area contributed by atoms with Crippen LogP contribution in [0.2, 0.25) is 0 Å². The first-order chi connectivity index (χ1) is 6.27. The molecule has 0 bridgehead atoms. The zero-order valence-electron chi connectivity index (χ0n) is 7.56. The molecule has 0 radical (unpaired) electrons. The van der Waals surface area contributed by atoms with Gasteiger partial charge in [0.1, 0.15) is 11.5 Å². The highest BCUT2D eigenvalue weighted by Crippen LogP contribution is 2.17. The van der Waals surface area contributed by atoms with Gasteiger partial charge in [0.05, 0.1) is 11.4 Å². The summed E-state index contributed by atoms with van der Waals surface area (Å²) in [4.78, 5) is 8.29.